The fraction of sp³-hybridized carbons (Fsp3) is 0.0909. The Kier molecular flexibility index (Phi) is 2.79. The van der Waals surface area contributed by atoms with E-state index in [4.69, 9.17) is 5.73 Å². The van der Waals surface area contributed by atoms with Crippen molar-refractivity contribution in [2.75, 3.05) is 0 Å². The summed E-state index contributed by atoms with van der Waals surface area (Å²) in [6.45, 7) is 0. The predicted octanol–water partition coefficient (Wildman–Crippen LogP) is 3.07. The SMILES string of the molecule is N[C@@H](c1ccsc1)c1ccc(F)c(F)c1. The van der Waals surface area contributed by atoms with Gasteiger partial charge in [0.2, 0.25) is 0 Å². The van der Waals surface area contributed by atoms with Crippen molar-refractivity contribution in [3.63, 3.8) is 0 Å². The van der Waals surface area contributed by atoms with Crippen molar-refractivity contribution >= 4 is 11.3 Å². The lowest BCUT2D eigenvalue weighted by Crippen LogP contribution is -2.11. The molecule has 0 spiro atoms. The molecule has 0 aliphatic carbocycles. The lowest BCUT2D eigenvalue weighted by atomic mass is 10.0. The van der Waals surface area contributed by atoms with E-state index in [2.05, 4.69) is 0 Å². The highest BCUT2D eigenvalue weighted by atomic mass is 32.1. The van der Waals surface area contributed by atoms with E-state index >= 15 is 0 Å². The average molecular weight is 225 g/mol. The normalized spacial score (nSPS) is 12.7. The van der Waals surface area contributed by atoms with Crippen LogP contribution < -0.4 is 5.73 Å². The topological polar surface area (TPSA) is 26.0 Å². The van der Waals surface area contributed by atoms with Gasteiger partial charge in [-0.2, -0.15) is 11.3 Å². The first kappa shape index (κ1) is 10.3. The zero-order valence-electron chi connectivity index (χ0n) is 7.78. The van der Waals surface area contributed by atoms with Gasteiger partial charge in [0.25, 0.3) is 0 Å². The van der Waals surface area contributed by atoms with Gasteiger partial charge in [0.05, 0.1) is 6.04 Å². The molecule has 0 aliphatic heterocycles. The smallest absolute Gasteiger partial charge is 0.159 e. The van der Waals surface area contributed by atoms with E-state index < -0.39 is 17.7 Å². The maximum Gasteiger partial charge on any atom is 0.159 e. The fourth-order valence-electron chi connectivity index (χ4n) is 1.35. The Labute approximate surface area is 90.2 Å². The van der Waals surface area contributed by atoms with E-state index in [1.807, 2.05) is 16.8 Å². The quantitative estimate of drug-likeness (QED) is 0.835. The summed E-state index contributed by atoms with van der Waals surface area (Å²) in [5.74, 6) is -1.71. The summed E-state index contributed by atoms with van der Waals surface area (Å²) in [6, 6.07) is 5.21. The molecule has 2 rings (SSSR count). The maximum atomic E-state index is 13.0. The van der Waals surface area contributed by atoms with Gasteiger partial charge in [0.1, 0.15) is 0 Å². The summed E-state index contributed by atoms with van der Waals surface area (Å²) in [4.78, 5) is 0. The van der Waals surface area contributed by atoms with E-state index in [-0.39, 0.29) is 0 Å². The van der Waals surface area contributed by atoms with Crippen LogP contribution in [0.15, 0.2) is 35.0 Å². The summed E-state index contributed by atoms with van der Waals surface area (Å²) in [5.41, 5.74) is 7.38. The molecule has 0 saturated heterocycles. The lowest BCUT2D eigenvalue weighted by Gasteiger charge is -2.10. The molecule has 0 amide bonds. The number of hydrogen-bond donors (Lipinski definition) is 1. The molecule has 0 saturated carbocycles. The van der Waals surface area contributed by atoms with Gasteiger partial charge in [-0.3, -0.25) is 0 Å². The molecule has 1 heterocycles. The van der Waals surface area contributed by atoms with Gasteiger partial charge >= 0.3 is 0 Å². The first-order valence-corrected chi connectivity index (χ1v) is 5.35. The van der Waals surface area contributed by atoms with E-state index in [0.29, 0.717) is 5.56 Å². The monoisotopic (exact) mass is 225 g/mol. The highest BCUT2D eigenvalue weighted by Crippen LogP contribution is 2.22. The molecule has 2 aromatic rings. The second-order valence-electron chi connectivity index (χ2n) is 3.21. The third kappa shape index (κ3) is 2.06. The number of thiophene rings is 1. The van der Waals surface area contributed by atoms with Crippen LogP contribution in [-0.2, 0) is 0 Å². The zero-order valence-corrected chi connectivity index (χ0v) is 8.60. The number of benzene rings is 1. The molecule has 0 fully saturated rings. The third-order valence-corrected chi connectivity index (χ3v) is 2.91. The minimum absolute atomic E-state index is 0.397. The van der Waals surface area contributed by atoms with Crippen LogP contribution in [0.2, 0.25) is 0 Å². The van der Waals surface area contributed by atoms with Gasteiger partial charge in [0, 0.05) is 0 Å². The van der Waals surface area contributed by atoms with Crippen molar-refractivity contribution in [2.45, 2.75) is 6.04 Å². The lowest BCUT2D eigenvalue weighted by molar-refractivity contribution is 0.506. The van der Waals surface area contributed by atoms with Gasteiger partial charge in [-0.25, -0.2) is 8.78 Å². The minimum Gasteiger partial charge on any atom is -0.320 e. The number of hydrogen-bond acceptors (Lipinski definition) is 2. The number of nitrogens with two attached hydrogens (primary N) is 1. The molecule has 4 heteroatoms. The van der Waals surface area contributed by atoms with Gasteiger partial charge in [0.15, 0.2) is 11.6 Å². The molecule has 0 radical (unpaired) electrons. The fourth-order valence-corrected chi connectivity index (χ4v) is 2.05. The first-order valence-electron chi connectivity index (χ1n) is 4.41. The van der Waals surface area contributed by atoms with Crippen LogP contribution in [0.1, 0.15) is 17.2 Å². The molecule has 1 nitrogen and oxygen atoms in total. The van der Waals surface area contributed by atoms with Crippen LogP contribution in [0.4, 0.5) is 8.78 Å². The summed E-state index contributed by atoms with van der Waals surface area (Å²) < 4.78 is 25.6. The summed E-state index contributed by atoms with van der Waals surface area (Å²) >= 11 is 1.52. The molecule has 0 aliphatic rings. The van der Waals surface area contributed by atoms with Gasteiger partial charge in [-0.05, 0) is 40.1 Å². The van der Waals surface area contributed by atoms with Crippen molar-refractivity contribution in [1.82, 2.24) is 0 Å². The highest BCUT2D eigenvalue weighted by molar-refractivity contribution is 7.08. The van der Waals surface area contributed by atoms with Crippen LogP contribution in [0.25, 0.3) is 0 Å². The molecule has 2 N–H and O–H groups in total. The van der Waals surface area contributed by atoms with Gasteiger partial charge < -0.3 is 5.73 Å². The van der Waals surface area contributed by atoms with Crippen LogP contribution >= 0.6 is 11.3 Å². The second-order valence-corrected chi connectivity index (χ2v) is 3.99. The highest BCUT2D eigenvalue weighted by Gasteiger charge is 2.11. The standard InChI is InChI=1S/C11H9F2NS/c12-9-2-1-7(5-10(9)13)11(14)8-3-4-15-6-8/h1-6,11H,14H2/t11-/m1/s1. The largest absolute Gasteiger partial charge is 0.320 e. The molecule has 0 bridgehead atoms. The predicted molar refractivity (Wildman–Crippen MR) is 56.7 cm³/mol. The van der Waals surface area contributed by atoms with Crippen LogP contribution in [0.5, 0.6) is 0 Å². The molecule has 1 aromatic carbocycles. The number of halogens is 2. The van der Waals surface area contributed by atoms with E-state index in [9.17, 15) is 8.78 Å². The number of rotatable bonds is 2. The first-order chi connectivity index (χ1) is 7.18. The Bertz CT molecular complexity index is 454. The van der Waals surface area contributed by atoms with Gasteiger partial charge in [-0.1, -0.05) is 6.07 Å². The maximum absolute atomic E-state index is 13.0. The van der Waals surface area contributed by atoms with Crippen molar-refractivity contribution in [3.8, 4) is 0 Å². The van der Waals surface area contributed by atoms with Crippen molar-refractivity contribution in [1.29, 1.82) is 0 Å². The van der Waals surface area contributed by atoms with Crippen LogP contribution in [-0.4, -0.2) is 0 Å². The Morgan fingerprint density at radius 2 is 1.87 bits per heavy atom. The summed E-state index contributed by atoms with van der Waals surface area (Å²) in [6.07, 6.45) is 0. The van der Waals surface area contributed by atoms with E-state index in [1.165, 1.54) is 17.4 Å². The molecule has 1 aromatic heterocycles. The summed E-state index contributed by atoms with van der Waals surface area (Å²) in [5, 5.41) is 3.79. The molecule has 0 unspecified atom stereocenters. The summed E-state index contributed by atoms with van der Waals surface area (Å²) in [7, 11) is 0. The van der Waals surface area contributed by atoms with E-state index in [1.54, 1.807) is 0 Å². The Morgan fingerprint density at radius 3 is 2.47 bits per heavy atom. The second kappa shape index (κ2) is 4.08. The van der Waals surface area contributed by atoms with Crippen molar-refractivity contribution in [2.24, 2.45) is 5.73 Å². The van der Waals surface area contributed by atoms with Crippen molar-refractivity contribution < 1.29 is 8.78 Å². The Hall–Kier alpha value is -1.26. The molecular formula is C11H9F2NS. The minimum atomic E-state index is -0.863. The molecule has 78 valence electrons. The molecule has 1 atom stereocenters. The van der Waals surface area contributed by atoms with E-state index in [0.717, 1.165) is 17.7 Å². The molecule has 15 heavy (non-hydrogen) atoms. The third-order valence-electron chi connectivity index (χ3n) is 2.21. The average Bonchev–Trinajstić information content (AvgIpc) is 2.74. The Balaban J connectivity index is 2.34. The molecular weight excluding hydrogens is 216 g/mol. The van der Waals surface area contributed by atoms with Crippen molar-refractivity contribution in [3.05, 3.63) is 57.8 Å². The van der Waals surface area contributed by atoms with Gasteiger partial charge in [-0.15, -0.1) is 0 Å². The Morgan fingerprint density at radius 1 is 1.07 bits per heavy atom. The van der Waals surface area contributed by atoms with Crippen LogP contribution in [0, 0.1) is 11.6 Å². The van der Waals surface area contributed by atoms with Crippen LogP contribution in [0.3, 0.4) is 0 Å². The zero-order chi connectivity index (χ0) is 10.8.